The van der Waals surface area contributed by atoms with Crippen molar-refractivity contribution in [2.24, 2.45) is 0 Å². The molecule has 1 amide bonds. The first kappa shape index (κ1) is 19.0. The molecule has 0 radical (unpaired) electrons. The van der Waals surface area contributed by atoms with Gasteiger partial charge in [0.25, 0.3) is 0 Å². The second-order valence-corrected chi connectivity index (χ2v) is 5.78. The lowest BCUT2D eigenvalue weighted by Crippen LogP contribution is -2.34. The average molecular weight is 365 g/mol. The third kappa shape index (κ3) is 3.53. The van der Waals surface area contributed by atoms with Crippen molar-refractivity contribution < 1.29 is 14.6 Å². The molecule has 0 aliphatic rings. The van der Waals surface area contributed by atoms with Crippen molar-refractivity contribution in [3.63, 3.8) is 0 Å². The first-order valence-corrected chi connectivity index (χ1v) is 7.79. The molecular formula is C14H19N7O5. The largest absolute Gasteiger partial charge is 0.352 e. The third-order valence-corrected chi connectivity index (χ3v) is 4.11. The van der Waals surface area contributed by atoms with E-state index in [-0.39, 0.29) is 36.1 Å². The van der Waals surface area contributed by atoms with E-state index in [4.69, 9.17) is 0 Å². The molecule has 2 aromatic heterocycles. The number of amides is 1. The van der Waals surface area contributed by atoms with E-state index in [9.17, 15) is 25.0 Å². The lowest BCUT2D eigenvalue weighted by molar-refractivity contribution is -0.386. The van der Waals surface area contributed by atoms with Crippen LogP contribution in [0.1, 0.15) is 30.0 Å². The quantitative estimate of drug-likeness (QED) is 0.571. The van der Waals surface area contributed by atoms with Crippen molar-refractivity contribution in [1.82, 2.24) is 24.9 Å². The molecule has 12 heteroatoms. The zero-order valence-electron chi connectivity index (χ0n) is 14.8. The summed E-state index contributed by atoms with van der Waals surface area (Å²) in [5.74, 6) is -0.373. The fraction of sp³-hybridized carbons (Fsp3) is 0.500. The Kier molecular flexibility index (Phi) is 5.33. The molecule has 140 valence electrons. The zero-order valence-corrected chi connectivity index (χ0v) is 14.8. The summed E-state index contributed by atoms with van der Waals surface area (Å²) in [6, 6.07) is -0.738. The normalized spacial score (nSPS) is 12.0. The van der Waals surface area contributed by atoms with Crippen LogP contribution in [0.2, 0.25) is 0 Å². The fourth-order valence-corrected chi connectivity index (χ4v) is 2.70. The Bertz CT molecular complexity index is 869. The predicted molar refractivity (Wildman–Crippen MR) is 89.7 cm³/mol. The van der Waals surface area contributed by atoms with Gasteiger partial charge in [-0.05, 0) is 27.7 Å². The standard InChI is InChI=1S/C14H19N7O5/c1-8-13(21(25)26)10(3)18(17-8)6-5-15-14(22)11(4)19-9(2)12(7-16-19)20(23)24/h7,11H,5-6H2,1-4H3,(H,15,22). The minimum absolute atomic E-state index is 0.0378. The highest BCUT2D eigenvalue weighted by atomic mass is 16.6. The summed E-state index contributed by atoms with van der Waals surface area (Å²) in [7, 11) is 0. The van der Waals surface area contributed by atoms with Gasteiger partial charge in [-0.1, -0.05) is 0 Å². The van der Waals surface area contributed by atoms with E-state index >= 15 is 0 Å². The molecule has 0 aliphatic carbocycles. The number of nitro groups is 2. The highest BCUT2D eigenvalue weighted by Gasteiger charge is 2.24. The van der Waals surface area contributed by atoms with Crippen molar-refractivity contribution in [3.8, 4) is 0 Å². The number of aryl methyl sites for hydroxylation is 1. The predicted octanol–water partition coefficient (Wildman–Crippen LogP) is 1.20. The molecule has 0 saturated heterocycles. The van der Waals surface area contributed by atoms with Gasteiger partial charge in [0.05, 0.1) is 16.4 Å². The number of hydrogen-bond acceptors (Lipinski definition) is 7. The summed E-state index contributed by atoms with van der Waals surface area (Å²) in [4.78, 5) is 33.1. The van der Waals surface area contributed by atoms with Crippen LogP contribution in [-0.2, 0) is 11.3 Å². The number of rotatable bonds is 7. The Morgan fingerprint density at radius 1 is 1.23 bits per heavy atom. The maximum Gasteiger partial charge on any atom is 0.312 e. The topological polar surface area (TPSA) is 151 Å². The molecule has 0 aliphatic heterocycles. The lowest BCUT2D eigenvalue weighted by atomic mass is 10.3. The van der Waals surface area contributed by atoms with Gasteiger partial charge in [0.2, 0.25) is 5.91 Å². The van der Waals surface area contributed by atoms with Gasteiger partial charge in [0.1, 0.15) is 29.3 Å². The van der Waals surface area contributed by atoms with Crippen molar-refractivity contribution >= 4 is 17.3 Å². The van der Waals surface area contributed by atoms with Gasteiger partial charge in [-0.3, -0.25) is 34.4 Å². The Morgan fingerprint density at radius 2 is 1.88 bits per heavy atom. The molecule has 12 nitrogen and oxygen atoms in total. The Hall–Kier alpha value is -3.31. The van der Waals surface area contributed by atoms with Gasteiger partial charge in [-0.25, -0.2) is 0 Å². The van der Waals surface area contributed by atoms with Gasteiger partial charge < -0.3 is 5.32 Å². The van der Waals surface area contributed by atoms with Crippen LogP contribution < -0.4 is 5.32 Å². The number of carbonyl (C=O) groups excluding carboxylic acids is 1. The summed E-state index contributed by atoms with van der Waals surface area (Å²) in [6.07, 6.45) is 1.11. The lowest BCUT2D eigenvalue weighted by Gasteiger charge is -2.14. The minimum Gasteiger partial charge on any atom is -0.352 e. The van der Waals surface area contributed by atoms with Crippen LogP contribution in [0.3, 0.4) is 0 Å². The van der Waals surface area contributed by atoms with Gasteiger partial charge in [0, 0.05) is 6.54 Å². The van der Waals surface area contributed by atoms with Crippen molar-refractivity contribution in [1.29, 1.82) is 0 Å². The Balaban J connectivity index is 2.00. The van der Waals surface area contributed by atoms with Gasteiger partial charge in [-0.2, -0.15) is 10.2 Å². The molecule has 1 unspecified atom stereocenters. The summed E-state index contributed by atoms with van der Waals surface area (Å²) >= 11 is 0. The molecule has 0 fully saturated rings. The number of nitrogens with zero attached hydrogens (tertiary/aromatic N) is 6. The summed E-state index contributed by atoms with van der Waals surface area (Å²) < 4.78 is 2.74. The van der Waals surface area contributed by atoms with Crippen molar-refractivity contribution in [2.75, 3.05) is 6.54 Å². The SMILES string of the molecule is Cc1nn(CCNC(=O)C(C)n2ncc([N+](=O)[O-])c2C)c(C)c1[N+](=O)[O-]. The number of aromatic nitrogens is 4. The number of hydrogen-bond donors (Lipinski definition) is 1. The smallest absolute Gasteiger partial charge is 0.312 e. The van der Waals surface area contributed by atoms with Crippen LogP contribution in [0, 0.1) is 41.0 Å². The highest BCUT2D eigenvalue weighted by molar-refractivity contribution is 5.79. The van der Waals surface area contributed by atoms with Crippen LogP contribution in [0.5, 0.6) is 0 Å². The second-order valence-electron chi connectivity index (χ2n) is 5.78. The number of carbonyl (C=O) groups is 1. The fourth-order valence-electron chi connectivity index (χ4n) is 2.70. The van der Waals surface area contributed by atoms with Gasteiger partial charge in [0.15, 0.2) is 0 Å². The summed E-state index contributed by atoms with van der Waals surface area (Å²) in [5.41, 5.74) is 0.815. The molecule has 2 rings (SSSR count). The van der Waals surface area contributed by atoms with Crippen molar-refractivity contribution in [2.45, 2.75) is 40.3 Å². The van der Waals surface area contributed by atoms with Gasteiger partial charge in [-0.15, -0.1) is 0 Å². The Labute approximate surface area is 148 Å². The molecule has 2 aromatic rings. The first-order valence-electron chi connectivity index (χ1n) is 7.79. The van der Waals surface area contributed by atoms with E-state index in [0.717, 1.165) is 6.20 Å². The highest BCUT2D eigenvalue weighted by Crippen LogP contribution is 2.22. The monoisotopic (exact) mass is 365 g/mol. The van der Waals surface area contributed by atoms with Crippen LogP contribution in [0.25, 0.3) is 0 Å². The van der Waals surface area contributed by atoms with E-state index in [1.807, 2.05) is 0 Å². The molecule has 2 heterocycles. The average Bonchev–Trinajstić information content (AvgIpc) is 3.06. The molecule has 0 bridgehead atoms. The van der Waals surface area contributed by atoms with Crippen molar-refractivity contribution in [3.05, 3.63) is 43.5 Å². The van der Waals surface area contributed by atoms with Crippen LogP contribution >= 0.6 is 0 Å². The molecule has 0 spiro atoms. The van der Waals surface area contributed by atoms with E-state index in [2.05, 4.69) is 15.5 Å². The molecule has 1 atom stereocenters. The van der Waals surface area contributed by atoms with Crippen LogP contribution in [0.4, 0.5) is 11.4 Å². The number of nitrogens with one attached hydrogen (secondary N) is 1. The molecule has 26 heavy (non-hydrogen) atoms. The molecule has 0 aromatic carbocycles. The van der Waals surface area contributed by atoms with Gasteiger partial charge >= 0.3 is 11.4 Å². The van der Waals surface area contributed by atoms with E-state index in [1.165, 1.54) is 16.3 Å². The van der Waals surface area contributed by atoms with Crippen LogP contribution in [0.15, 0.2) is 6.20 Å². The second kappa shape index (κ2) is 7.29. The third-order valence-electron chi connectivity index (χ3n) is 4.11. The van der Waals surface area contributed by atoms with Crippen LogP contribution in [-0.4, -0.2) is 41.9 Å². The molecular weight excluding hydrogens is 346 g/mol. The first-order chi connectivity index (χ1) is 12.1. The minimum atomic E-state index is -0.738. The summed E-state index contributed by atoms with van der Waals surface area (Å²) in [6.45, 7) is 6.70. The zero-order chi connectivity index (χ0) is 19.6. The van der Waals surface area contributed by atoms with E-state index in [1.54, 1.807) is 20.8 Å². The van der Waals surface area contributed by atoms with E-state index < -0.39 is 15.9 Å². The maximum absolute atomic E-state index is 12.3. The van der Waals surface area contributed by atoms with E-state index in [0.29, 0.717) is 11.4 Å². The summed E-state index contributed by atoms with van der Waals surface area (Å²) in [5, 5.41) is 32.5. The molecule has 1 N–H and O–H groups in total. The Morgan fingerprint density at radius 3 is 2.38 bits per heavy atom. The molecule has 0 saturated carbocycles. The maximum atomic E-state index is 12.3.